The predicted octanol–water partition coefficient (Wildman–Crippen LogP) is 3.86. The average Bonchev–Trinajstić information content (AvgIpc) is 2.76. The predicted molar refractivity (Wildman–Crippen MR) is 113 cm³/mol. The Hall–Kier alpha value is -2.94. The van der Waals surface area contributed by atoms with Crippen molar-refractivity contribution in [2.24, 2.45) is 5.92 Å². The summed E-state index contributed by atoms with van der Waals surface area (Å²) in [4.78, 5) is 30.3. The van der Waals surface area contributed by atoms with E-state index >= 15 is 0 Å². The van der Waals surface area contributed by atoms with Crippen LogP contribution in [0.2, 0.25) is 0 Å². The maximum absolute atomic E-state index is 13.1. The van der Waals surface area contributed by atoms with E-state index in [0.717, 1.165) is 60.7 Å². The van der Waals surface area contributed by atoms with Gasteiger partial charge in [0.1, 0.15) is 5.54 Å². The van der Waals surface area contributed by atoms with Crippen LogP contribution in [-0.4, -0.2) is 29.0 Å². The lowest BCUT2D eigenvalue weighted by Crippen LogP contribution is -2.50. The Morgan fingerprint density at radius 3 is 2.80 bits per heavy atom. The van der Waals surface area contributed by atoms with Gasteiger partial charge in [0.25, 0.3) is 5.91 Å². The molecule has 156 valence electrons. The number of rotatable bonds is 4. The number of hydrogen-bond donors (Lipinski definition) is 1. The first-order valence-electron chi connectivity index (χ1n) is 10.8. The molecule has 0 bridgehead atoms. The van der Waals surface area contributed by atoms with E-state index in [-0.39, 0.29) is 6.61 Å². The van der Waals surface area contributed by atoms with Gasteiger partial charge in [0.05, 0.1) is 17.1 Å². The second-order valence-electron chi connectivity index (χ2n) is 8.66. The number of amides is 1. The molecule has 1 fully saturated rings. The van der Waals surface area contributed by atoms with Gasteiger partial charge in [-0.05, 0) is 49.7 Å². The summed E-state index contributed by atoms with van der Waals surface area (Å²) >= 11 is 0. The van der Waals surface area contributed by atoms with Crippen molar-refractivity contribution in [3.8, 4) is 6.07 Å². The maximum atomic E-state index is 13.1. The largest absolute Gasteiger partial charge is 0.452 e. The van der Waals surface area contributed by atoms with Crippen LogP contribution in [0.3, 0.4) is 0 Å². The molecule has 0 saturated heterocycles. The Morgan fingerprint density at radius 1 is 1.27 bits per heavy atom. The number of hydrogen-bond acceptors (Lipinski definition) is 5. The molecule has 0 spiro atoms. The van der Waals surface area contributed by atoms with Crippen LogP contribution in [0.1, 0.15) is 67.1 Å². The molecule has 0 aliphatic heterocycles. The Kier molecular flexibility index (Phi) is 5.72. The number of nitrogens with one attached hydrogen (secondary N) is 1. The van der Waals surface area contributed by atoms with Crippen LogP contribution in [-0.2, 0) is 22.4 Å². The van der Waals surface area contributed by atoms with E-state index < -0.39 is 17.4 Å². The number of aromatic nitrogens is 1. The summed E-state index contributed by atoms with van der Waals surface area (Å²) in [5.74, 6) is -0.451. The maximum Gasteiger partial charge on any atom is 0.339 e. The van der Waals surface area contributed by atoms with Gasteiger partial charge < -0.3 is 10.1 Å². The zero-order valence-electron chi connectivity index (χ0n) is 17.4. The van der Waals surface area contributed by atoms with Crippen molar-refractivity contribution in [1.29, 1.82) is 5.26 Å². The summed E-state index contributed by atoms with van der Waals surface area (Å²) in [5, 5.41) is 13.1. The van der Waals surface area contributed by atoms with Gasteiger partial charge in [-0.15, -0.1) is 0 Å². The third kappa shape index (κ3) is 4.02. The second-order valence-corrected chi connectivity index (χ2v) is 8.66. The summed E-state index contributed by atoms with van der Waals surface area (Å²) in [6.45, 7) is 1.79. The molecule has 1 amide bonds. The molecule has 1 heterocycles. The fraction of sp³-hybridized carbons (Fsp3) is 0.500. The van der Waals surface area contributed by atoms with Crippen molar-refractivity contribution in [3.63, 3.8) is 0 Å². The first-order chi connectivity index (χ1) is 14.5. The third-order valence-electron chi connectivity index (χ3n) is 6.34. The SMILES string of the molecule is CC1CCc2nc3ccccc3c(C(=O)OCC(=O)NC3(C#N)CCCCC3)c2C1. The number of nitriles is 1. The van der Waals surface area contributed by atoms with Crippen LogP contribution >= 0.6 is 0 Å². The number of ether oxygens (including phenoxy) is 1. The molecule has 30 heavy (non-hydrogen) atoms. The fourth-order valence-corrected chi connectivity index (χ4v) is 4.72. The van der Waals surface area contributed by atoms with Gasteiger partial charge in [-0.1, -0.05) is 44.4 Å². The molecule has 4 rings (SSSR count). The molecule has 6 heteroatoms. The van der Waals surface area contributed by atoms with Crippen LogP contribution in [0.15, 0.2) is 24.3 Å². The number of aryl methyl sites for hydroxylation is 1. The normalized spacial score (nSPS) is 20.1. The lowest BCUT2D eigenvalue weighted by atomic mass is 9.83. The van der Waals surface area contributed by atoms with Gasteiger partial charge in [0, 0.05) is 11.1 Å². The van der Waals surface area contributed by atoms with Gasteiger partial charge in [-0.2, -0.15) is 5.26 Å². The van der Waals surface area contributed by atoms with Crippen molar-refractivity contribution < 1.29 is 14.3 Å². The Labute approximate surface area is 176 Å². The summed E-state index contributed by atoms with van der Waals surface area (Å²) in [5.41, 5.74) is 2.36. The minimum atomic E-state index is -0.834. The zero-order chi connectivity index (χ0) is 21.1. The summed E-state index contributed by atoms with van der Waals surface area (Å²) in [6, 6.07) is 9.82. The molecule has 1 atom stereocenters. The first-order valence-corrected chi connectivity index (χ1v) is 10.8. The van der Waals surface area contributed by atoms with Crippen molar-refractivity contribution in [2.45, 2.75) is 63.8 Å². The molecule has 6 nitrogen and oxygen atoms in total. The monoisotopic (exact) mass is 405 g/mol. The molecule has 2 aliphatic carbocycles. The van der Waals surface area contributed by atoms with Gasteiger partial charge >= 0.3 is 5.97 Å². The molecule has 1 saturated carbocycles. The smallest absolute Gasteiger partial charge is 0.339 e. The van der Waals surface area contributed by atoms with Crippen molar-refractivity contribution in [2.75, 3.05) is 6.61 Å². The number of carbonyl (C=O) groups excluding carboxylic acids is 2. The first kappa shape index (κ1) is 20.3. The molecular formula is C24H27N3O3. The number of carbonyl (C=O) groups is 2. The van der Waals surface area contributed by atoms with Crippen LogP contribution in [0.5, 0.6) is 0 Å². The minimum absolute atomic E-state index is 0.386. The molecule has 1 N–H and O–H groups in total. The van der Waals surface area contributed by atoms with Crippen molar-refractivity contribution in [3.05, 3.63) is 41.1 Å². The number of esters is 1. The summed E-state index contributed by atoms with van der Waals surface area (Å²) < 4.78 is 5.44. The lowest BCUT2D eigenvalue weighted by molar-refractivity contribution is -0.125. The van der Waals surface area contributed by atoms with Gasteiger partial charge in [0.15, 0.2) is 6.61 Å². The summed E-state index contributed by atoms with van der Waals surface area (Å²) in [7, 11) is 0. The fourth-order valence-electron chi connectivity index (χ4n) is 4.72. The van der Waals surface area contributed by atoms with E-state index in [2.05, 4.69) is 18.3 Å². The quantitative estimate of drug-likeness (QED) is 0.780. The number of nitrogens with zero attached hydrogens (tertiary/aromatic N) is 2. The molecule has 1 aromatic carbocycles. The lowest BCUT2D eigenvalue weighted by Gasteiger charge is -2.31. The minimum Gasteiger partial charge on any atom is -0.452 e. The average molecular weight is 405 g/mol. The van der Waals surface area contributed by atoms with E-state index in [4.69, 9.17) is 9.72 Å². The highest BCUT2D eigenvalue weighted by Gasteiger charge is 2.34. The Balaban J connectivity index is 1.54. The van der Waals surface area contributed by atoms with E-state index in [1.807, 2.05) is 24.3 Å². The number of pyridine rings is 1. The van der Waals surface area contributed by atoms with Crippen LogP contribution in [0.4, 0.5) is 0 Å². The van der Waals surface area contributed by atoms with E-state index in [9.17, 15) is 14.9 Å². The standard InChI is InChI=1S/C24H27N3O3/c1-16-9-10-20-18(13-16)22(17-7-3-4-8-19(17)26-20)23(29)30-14-21(28)27-24(15-25)11-5-2-6-12-24/h3-4,7-8,16H,2,5-6,9-14H2,1H3,(H,27,28). The highest BCUT2D eigenvalue weighted by atomic mass is 16.5. The van der Waals surface area contributed by atoms with Gasteiger partial charge in [-0.25, -0.2) is 4.79 Å². The van der Waals surface area contributed by atoms with Crippen molar-refractivity contribution >= 4 is 22.8 Å². The van der Waals surface area contributed by atoms with Crippen LogP contribution in [0.25, 0.3) is 10.9 Å². The summed E-state index contributed by atoms with van der Waals surface area (Å²) in [6.07, 6.45) is 6.86. The molecular weight excluding hydrogens is 378 g/mol. The van der Waals surface area contributed by atoms with E-state index in [1.54, 1.807) is 0 Å². The molecule has 2 aliphatic rings. The highest BCUT2D eigenvalue weighted by molar-refractivity contribution is 6.05. The number of fused-ring (bicyclic) bond motifs is 2. The van der Waals surface area contributed by atoms with E-state index in [0.29, 0.717) is 24.3 Å². The zero-order valence-corrected chi connectivity index (χ0v) is 17.4. The second kappa shape index (κ2) is 8.43. The van der Waals surface area contributed by atoms with Gasteiger partial charge in [0.2, 0.25) is 0 Å². The highest BCUT2D eigenvalue weighted by Crippen LogP contribution is 2.32. The number of benzene rings is 1. The van der Waals surface area contributed by atoms with Crippen LogP contribution < -0.4 is 5.32 Å². The Bertz CT molecular complexity index is 1020. The molecule has 0 radical (unpaired) electrons. The topological polar surface area (TPSA) is 92.1 Å². The van der Waals surface area contributed by atoms with E-state index in [1.165, 1.54) is 0 Å². The van der Waals surface area contributed by atoms with Gasteiger partial charge in [-0.3, -0.25) is 9.78 Å². The van der Waals surface area contributed by atoms with Crippen LogP contribution in [0, 0.1) is 17.2 Å². The molecule has 2 aromatic rings. The molecule has 1 aromatic heterocycles. The van der Waals surface area contributed by atoms with Crippen molar-refractivity contribution in [1.82, 2.24) is 10.3 Å². The Morgan fingerprint density at radius 2 is 2.03 bits per heavy atom. The third-order valence-corrected chi connectivity index (χ3v) is 6.34. The number of para-hydroxylation sites is 1. The molecule has 1 unspecified atom stereocenters.